The summed E-state index contributed by atoms with van der Waals surface area (Å²) in [6.07, 6.45) is 0. The molecule has 150 valence electrons. The molecule has 0 nitrogen and oxygen atoms in total. The van der Waals surface area contributed by atoms with E-state index in [1.807, 2.05) is 11.3 Å². The summed E-state index contributed by atoms with van der Waals surface area (Å²) >= 11 is 1.89. The van der Waals surface area contributed by atoms with Crippen LogP contribution in [0.25, 0.3) is 43.1 Å². The van der Waals surface area contributed by atoms with Crippen molar-refractivity contribution in [1.29, 1.82) is 0 Å². The zero-order chi connectivity index (χ0) is 21.2. The van der Waals surface area contributed by atoms with Crippen molar-refractivity contribution in [1.82, 2.24) is 0 Å². The molecule has 0 saturated heterocycles. The predicted molar refractivity (Wildman–Crippen MR) is 136 cm³/mol. The van der Waals surface area contributed by atoms with E-state index < -0.39 is 0 Å². The lowest BCUT2D eigenvalue weighted by Gasteiger charge is -2.11. The lowest BCUT2D eigenvalue weighted by molar-refractivity contribution is 1.47. The second-order valence-corrected chi connectivity index (χ2v) is 9.00. The Labute approximate surface area is 188 Å². The second-order valence-electron chi connectivity index (χ2n) is 7.97. The standard InChI is InChI=1S/C30H24S/c1-21-13-17-25(18-14-21)29-27(23-9-5-3-6-10-23)28(24-11-7-4-8-12-24)30(31-29)26-19-15-22(2)16-20-26/h3-20H,1-2H3. The number of thiophene rings is 1. The van der Waals surface area contributed by atoms with Gasteiger partial charge in [-0.25, -0.2) is 0 Å². The summed E-state index contributed by atoms with van der Waals surface area (Å²) in [5.41, 5.74) is 10.2. The Morgan fingerprint density at radius 1 is 0.387 bits per heavy atom. The molecule has 0 spiro atoms. The van der Waals surface area contributed by atoms with Crippen molar-refractivity contribution in [3.63, 3.8) is 0 Å². The summed E-state index contributed by atoms with van der Waals surface area (Å²) in [6.45, 7) is 4.28. The van der Waals surface area contributed by atoms with E-state index in [1.54, 1.807) is 0 Å². The fourth-order valence-corrected chi connectivity index (χ4v) is 5.36. The summed E-state index contributed by atoms with van der Waals surface area (Å²) in [5, 5.41) is 0. The molecule has 1 aromatic heterocycles. The van der Waals surface area contributed by atoms with Gasteiger partial charge in [0, 0.05) is 20.9 Å². The van der Waals surface area contributed by atoms with Crippen LogP contribution in [-0.4, -0.2) is 0 Å². The molecule has 0 fully saturated rings. The Kier molecular flexibility index (Phi) is 5.28. The van der Waals surface area contributed by atoms with Gasteiger partial charge in [0.2, 0.25) is 0 Å². The molecule has 0 radical (unpaired) electrons. The van der Waals surface area contributed by atoms with E-state index >= 15 is 0 Å². The van der Waals surface area contributed by atoms with Crippen molar-refractivity contribution < 1.29 is 0 Å². The van der Waals surface area contributed by atoms with E-state index in [0.29, 0.717) is 0 Å². The highest BCUT2D eigenvalue weighted by molar-refractivity contribution is 7.20. The summed E-state index contributed by atoms with van der Waals surface area (Å²) in [6, 6.07) is 39.4. The minimum atomic E-state index is 1.26. The van der Waals surface area contributed by atoms with Gasteiger partial charge in [-0.05, 0) is 36.1 Å². The molecule has 0 aliphatic rings. The summed E-state index contributed by atoms with van der Waals surface area (Å²) in [4.78, 5) is 2.64. The summed E-state index contributed by atoms with van der Waals surface area (Å²) in [7, 11) is 0. The Bertz CT molecular complexity index is 1190. The molecule has 1 heteroatoms. The molecular weight excluding hydrogens is 392 g/mol. The molecule has 0 N–H and O–H groups in total. The molecule has 0 unspecified atom stereocenters. The first-order valence-electron chi connectivity index (χ1n) is 10.6. The van der Waals surface area contributed by atoms with Crippen LogP contribution in [0.2, 0.25) is 0 Å². The van der Waals surface area contributed by atoms with E-state index in [0.717, 1.165) is 0 Å². The first-order valence-corrected chi connectivity index (χ1v) is 11.4. The van der Waals surface area contributed by atoms with Gasteiger partial charge in [-0.2, -0.15) is 0 Å². The first-order chi connectivity index (χ1) is 15.2. The minimum absolute atomic E-state index is 1.26. The zero-order valence-corrected chi connectivity index (χ0v) is 18.6. The average molecular weight is 417 g/mol. The second kappa shape index (κ2) is 8.37. The monoisotopic (exact) mass is 416 g/mol. The SMILES string of the molecule is Cc1ccc(-c2sc(-c3ccc(C)cc3)c(-c3ccccc3)c2-c2ccccc2)cc1. The van der Waals surface area contributed by atoms with Crippen molar-refractivity contribution in [3.05, 3.63) is 120 Å². The van der Waals surface area contributed by atoms with Gasteiger partial charge in [0.25, 0.3) is 0 Å². The summed E-state index contributed by atoms with van der Waals surface area (Å²) < 4.78 is 0. The smallest absolute Gasteiger partial charge is 0.0434 e. The third kappa shape index (κ3) is 3.85. The lowest BCUT2D eigenvalue weighted by Crippen LogP contribution is -1.86. The van der Waals surface area contributed by atoms with E-state index in [4.69, 9.17) is 0 Å². The number of aryl methyl sites for hydroxylation is 2. The summed E-state index contributed by atoms with van der Waals surface area (Å²) in [5.74, 6) is 0. The van der Waals surface area contributed by atoms with Gasteiger partial charge in [-0.15, -0.1) is 11.3 Å². The lowest BCUT2D eigenvalue weighted by atomic mass is 9.91. The van der Waals surface area contributed by atoms with Crippen molar-refractivity contribution in [2.75, 3.05) is 0 Å². The molecule has 5 rings (SSSR count). The Morgan fingerprint density at radius 2 is 0.742 bits per heavy atom. The van der Waals surface area contributed by atoms with Gasteiger partial charge < -0.3 is 0 Å². The minimum Gasteiger partial charge on any atom is -0.134 e. The van der Waals surface area contributed by atoms with Gasteiger partial charge in [0.1, 0.15) is 0 Å². The van der Waals surface area contributed by atoms with Gasteiger partial charge in [0.05, 0.1) is 0 Å². The average Bonchev–Trinajstić information content (AvgIpc) is 3.22. The topological polar surface area (TPSA) is 0 Å². The maximum Gasteiger partial charge on any atom is 0.0434 e. The normalized spacial score (nSPS) is 10.9. The molecule has 0 amide bonds. The van der Waals surface area contributed by atoms with Gasteiger partial charge in [0.15, 0.2) is 0 Å². The maximum atomic E-state index is 2.25. The highest BCUT2D eigenvalue weighted by atomic mass is 32.1. The maximum absolute atomic E-state index is 2.25. The number of hydrogen-bond donors (Lipinski definition) is 0. The fraction of sp³-hybridized carbons (Fsp3) is 0.0667. The van der Waals surface area contributed by atoms with Crippen LogP contribution in [0.3, 0.4) is 0 Å². The third-order valence-corrected chi connectivity index (χ3v) is 6.95. The third-order valence-electron chi connectivity index (χ3n) is 5.66. The van der Waals surface area contributed by atoms with Crippen LogP contribution in [0.15, 0.2) is 109 Å². The van der Waals surface area contributed by atoms with Crippen LogP contribution in [0.1, 0.15) is 11.1 Å². The molecule has 4 aromatic carbocycles. The molecule has 0 atom stereocenters. The van der Waals surface area contributed by atoms with E-state index in [2.05, 4.69) is 123 Å². The fourth-order valence-electron chi connectivity index (χ4n) is 4.01. The van der Waals surface area contributed by atoms with Crippen molar-refractivity contribution in [2.24, 2.45) is 0 Å². The number of benzene rings is 4. The predicted octanol–water partition coefficient (Wildman–Crippen LogP) is 9.03. The molecule has 0 saturated carbocycles. The quantitative estimate of drug-likeness (QED) is 0.274. The highest BCUT2D eigenvalue weighted by Crippen LogP contribution is 2.51. The highest BCUT2D eigenvalue weighted by Gasteiger charge is 2.22. The first kappa shape index (κ1) is 19.5. The molecule has 0 aliphatic carbocycles. The van der Waals surface area contributed by atoms with Gasteiger partial charge in [-0.1, -0.05) is 120 Å². The van der Waals surface area contributed by atoms with Crippen LogP contribution < -0.4 is 0 Å². The Morgan fingerprint density at radius 3 is 1.10 bits per heavy atom. The molecule has 31 heavy (non-hydrogen) atoms. The van der Waals surface area contributed by atoms with E-state index in [1.165, 1.54) is 54.3 Å². The van der Waals surface area contributed by atoms with E-state index in [9.17, 15) is 0 Å². The molecule has 1 heterocycles. The largest absolute Gasteiger partial charge is 0.134 e. The van der Waals surface area contributed by atoms with E-state index in [-0.39, 0.29) is 0 Å². The molecular formula is C30H24S. The van der Waals surface area contributed by atoms with Gasteiger partial charge in [-0.3, -0.25) is 0 Å². The van der Waals surface area contributed by atoms with Crippen molar-refractivity contribution >= 4 is 11.3 Å². The van der Waals surface area contributed by atoms with Crippen molar-refractivity contribution in [2.45, 2.75) is 13.8 Å². The molecule has 0 aliphatic heterocycles. The van der Waals surface area contributed by atoms with Crippen molar-refractivity contribution in [3.8, 4) is 43.1 Å². The Hall–Kier alpha value is -3.42. The number of hydrogen-bond acceptors (Lipinski definition) is 1. The van der Waals surface area contributed by atoms with Gasteiger partial charge >= 0.3 is 0 Å². The number of rotatable bonds is 4. The van der Waals surface area contributed by atoms with Crippen LogP contribution >= 0.6 is 11.3 Å². The molecule has 5 aromatic rings. The molecule has 0 bridgehead atoms. The van der Waals surface area contributed by atoms with Crippen LogP contribution in [0.4, 0.5) is 0 Å². The van der Waals surface area contributed by atoms with Crippen LogP contribution in [0.5, 0.6) is 0 Å². The van der Waals surface area contributed by atoms with Crippen LogP contribution in [0, 0.1) is 13.8 Å². The van der Waals surface area contributed by atoms with Crippen LogP contribution in [-0.2, 0) is 0 Å². The zero-order valence-electron chi connectivity index (χ0n) is 17.8. The Balaban J connectivity index is 1.87.